The standard InChI is InChI=1S/2C4H10N2.2Cu/c2*1-4(5-2)6-3;;/h2*4H,1-3H3;;/q2*-2;2*+2. The van der Waals surface area contributed by atoms with E-state index in [1.54, 1.807) is 28.2 Å². The largest absolute Gasteiger partial charge is 2.00 e. The average molecular weight is 299 g/mol. The molecule has 0 heterocycles. The maximum atomic E-state index is 3.84. The molecule has 2 radical (unpaired) electrons. The van der Waals surface area contributed by atoms with Crippen LogP contribution in [0.4, 0.5) is 0 Å². The van der Waals surface area contributed by atoms with Gasteiger partial charge in [0.15, 0.2) is 0 Å². The van der Waals surface area contributed by atoms with Crippen molar-refractivity contribution < 1.29 is 34.1 Å². The van der Waals surface area contributed by atoms with Crippen LogP contribution in [-0.4, -0.2) is 40.5 Å². The number of hydrogen-bond acceptors (Lipinski definition) is 0. The van der Waals surface area contributed by atoms with Crippen molar-refractivity contribution in [2.45, 2.75) is 26.2 Å². The minimum atomic E-state index is 0. The third kappa shape index (κ3) is 23.1. The predicted octanol–water partition coefficient (Wildman–Crippen LogP) is 2.67. The van der Waals surface area contributed by atoms with Crippen molar-refractivity contribution in [1.82, 2.24) is 0 Å². The average Bonchev–Trinajstić information content (AvgIpc) is 2.16. The molecule has 0 aliphatic heterocycles. The molecule has 0 saturated heterocycles. The van der Waals surface area contributed by atoms with Gasteiger partial charge in [0, 0.05) is 0 Å². The van der Waals surface area contributed by atoms with Crippen LogP contribution in [-0.2, 0) is 34.1 Å². The van der Waals surface area contributed by atoms with Gasteiger partial charge in [-0.1, -0.05) is 0 Å². The molecule has 0 unspecified atom stereocenters. The molecule has 4 nitrogen and oxygen atoms in total. The zero-order valence-corrected chi connectivity index (χ0v) is 11.4. The van der Waals surface area contributed by atoms with Crippen molar-refractivity contribution in [2.75, 3.05) is 28.2 Å². The summed E-state index contributed by atoms with van der Waals surface area (Å²) < 4.78 is 0. The molecule has 0 N–H and O–H groups in total. The van der Waals surface area contributed by atoms with E-state index in [2.05, 4.69) is 21.3 Å². The van der Waals surface area contributed by atoms with E-state index in [4.69, 9.17) is 0 Å². The smallest absolute Gasteiger partial charge is 0.681 e. The van der Waals surface area contributed by atoms with Gasteiger partial charge in [-0.25, -0.2) is 12.3 Å². The fourth-order valence-electron chi connectivity index (χ4n) is 0.231. The third-order valence-electron chi connectivity index (χ3n) is 1.49. The zero-order valence-electron chi connectivity index (χ0n) is 9.55. The summed E-state index contributed by atoms with van der Waals surface area (Å²) in [4.78, 5) is 0. The molecule has 14 heavy (non-hydrogen) atoms. The van der Waals surface area contributed by atoms with Gasteiger partial charge in [0.1, 0.15) is 0 Å². The maximum absolute atomic E-state index is 3.84. The fraction of sp³-hybridized carbons (Fsp3) is 1.00. The first-order chi connectivity index (χ1) is 5.62. The number of hydrogen-bond donors (Lipinski definition) is 0. The van der Waals surface area contributed by atoms with Crippen molar-refractivity contribution in [1.29, 1.82) is 0 Å². The van der Waals surface area contributed by atoms with E-state index in [0.29, 0.717) is 0 Å². The van der Waals surface area contributed by atoms with E-state index in [0.717, 1.165) is 0 Å². The molecule has 0 bridgehead atoms. The normalized spacial score (nSPS) is 8.57. The molecule has 0 rings (SSSR count). The molecule has 0 atom stereocenters. The van der Waals surface area contributed by atoms with Crippen LogP contribution in [0, 0.1) is 0 Å². The van der Waals surface area contributed by atoms with Crippen LogP contribution in [0.2, 0.25) is 0 Å². The number of rotatable bonds is 4. The minimum Gasteiger partial charge on any atom is -0.681 e. The molecule has 0 saturated carbocycles. The van der Waals surface area contributed by atoms with Crippen LogP contribution < -0.4 is 0 Å². The molecule has 0 aromatic rings. The van der Waals surface area contributed by atoms with E-state index in [9.17, 15) is 0 Å². The summed E-state index contributed by atoms with van der Waals surface area (Å²) in [5.41, 5.74) is 0. The quantitative estimate of drug-likeness (QED) is 0.717. The predicted molar refractivity (Wildman–Crippen MR) is 56.1 cm³/mol. The van der Waals surface area contributed by atoms with Crippen LogP contribution in [0.3, 0.4) is 0 Å². The molecule has 0 aliphatic rings. The van der Waals surface area contributed by atoms with Gasteiger partial charge in [0.05, 0.1) is 0 Å². The van der Waals surface area contributed by atoms with Crippen molar-refractivity contribution in [3.05, 3.63) is 21.3 Å². The van der Waals surface area contributed by atoms with Crippen LogP contribution in [0.5, 0.6) is 0 Å². The molecule has 6 heteroatoms. The summed E-state index contributed by atoms with van der Waals surface area (Å²) in [5.74, 6) is 0. The third-order valence-corrected chi connectivity index (χ3v) is 1.49. The first kappa shape index (κ1) is 24.2. The Balaban J connectivity index is -0.0000000625. The van der Waals surface area contributed by atoms with Crippen molar-refractivity contribution in [3.8, 4) is 0 Å². The van der Waals surface area contributed by atoms with Gasteiger partial charge in [-0.15, -0.1) is 13.8 Å². The van der Waals surface area contributed by atoms with E-state index in [-0.39, 0.29) is 46.5 Å². The Hall–Kier alpha value is 0.879. The van der Waals surface area contributed by atoms with E-state index in [1.165, 1.54) is 0 Å². The van der Waals surface area contributed by atoms with Gasteiger partial charge in [-0.05, 0) is 0 Å². The molecule has 0 aromatic heterocycles. The van der Waals surface area contributed by atoms with Crippen LogP contribution >= 0.6 is 0 Å². The first-order valence-electron chi connectivity index (χ1n) is 3.98. The van der Waals surface area contributed by atoms with Crippen molar-refractivity contribution in [2.24, 2.45) is 0 Å². The molecular formula is C8H20Cu2N4. The van der Waals surface area contributed by atoms with E-state index >= 15 is 0 Å². The van der Waals surface area contributed by atoms with Crippen molar-refractivity contribution >= 4 is 0 Å². The molecule has 0 spiro atoms. The Morgan fingerprint density at radius 2 is 0.714 bits per heavy atom. The Morgan fingerprint density at radius 1 is 0.571 bits per heavy atom. The second-order valence-corrected chi connectivity index (χ2v) is 2.30. The fourth-order valence-corrected chi connectivity index (χ4v) is 0.231. The van der Waals surface area contributed by atoms with Crippen LogP contribution in [0.15, 0.2) is 0 Å². The molecule has 0 aliphatic carbocycles. The Morgan fingerprint density at radius 3 is 0.714 bits per heavy atom. The summed E-state index contributed by atoms with van der Waals surface area (Å²) in [7, 11) is 7.05. The van der Waals surface area contributed by atoms with E-state index < -0.39 is 0 Å². The zero-order chi connectivity index (χ0) is 9.98. The van der Waals surface area contributed by atoms with Crippen molar-refractivity contribution in [3.63, 3.8) is 0 Å². The van der Waals surface area contributed by atoms with Gasteiger partial charge in [-0.3, -0.25) is 0 Å². The Bertz CT molecular complexity index is 67.7. The Kier molecular flexibility index (Phi) is 33.6. The van der Waals surface area contributed by atoms with Gasteiger partial charge < -0.3 is 21.3 Å². The second-order valence-electron chi connectivity index (χ2n) is 2.30. The monoisotopic (exact) mass is 298 g/mol. The summed E-state index contributed by atoms with van der Waals surface area (Å²) in [6.45, 7) is 3.89. The molecule has 94 valence electrons. The topological polar surface area (TPSA) is 56.4 Å². The van der Waals surface area contributed by atoms with Crippen LogP contribution in [0.25, 0.3) is 21.3 Å². The van der Waals surface area contributed by atoms with Crippen LogP contribution in [0.1, 0.15) is 13.8 Å². The summed E-state index contributed by atoms with van der Waals surface area (Å²) in [5, 5.41) is 15.4. The first-order valence-corrected chi connectivity index (χ1v) is 3.98. The van der Waals surface area contributed by atoms with Gasteiger partial charge in [0.2, 0.25) is 0 Å². The number of nitrogens with zero attached hydrogens (tertiary/aromatic N) is 4. The molecule has 0 amide bonds. The second kappa shape index (κ2) is 19.5. The summed E-state index contributed by atoms with van der Waals surface area (Å²) in [6.07, 6.45) is 0.370. The maximum Gasteiger partial charge on any atom is 2.00 e. The van der Waals surface area contributed by atoms with Gasteiger partial charge >= 0.3 is 34.1 Å². The molecule has 0 fully saturated rings. The molecular weight excluding hydrogens is 279 g/mol. The Labute approximate surface area is 110 Å². The molecule has 0 aromatic carbocycles. The SMILES string of the molecule is C[N-]C(C)[N-]C.C[N-]C(C)[N-]C.[Cu+2].[Cu+2]. The summed E-state index contributed by atoms with van der Waals surface area (Å²) >= 11 is 0. The van der Waals surface area contributed by atoms with E-state index in [1.807, 2.05) is 13.8 Å². The minimum absolute atomic E-state index is 0. The van der Waals surface area contributed by atoms with Gasteiger partial charge in [0.25, 0.3) is 0 Å². The summed E-state index contributed by atoms with van der Waals surface area (Å²) in [6, 6.07) is 0. The van der Waals surface area contributed by atoms with Gasteiger partial charge in [-0.2, -0.15) is 28.2 Å².